The summed E-state index contributed by atoms with van der Waals surface area (Å²) in [6.45, 7) is 1.77. The van der Waals surface area contributed by atoms with Crippen LogP contribution in [0, 0.1) is 6.92 Å². The number of nitrogens with one attached hydrogen (secondary N) is 2. The van der Waals surface area contributed by atoms with Crippen LogP contribution in [0.25, 0.3) is 0 Å². The zero-order chi connectivity index (χ0) is 18.9. The van der Waals surface area contributed by atoms with Crippen molar-refractivity contribution in [3.05, 3.63) is 35.6 Å². The molecular formula is C20H25N5O2. The van der Waals surface area contributed by atoms with Crippen molar-refractivity contribution in [3.63, 3.8) is 0 Å². The normalized spacial score (nSPS) is 29.1. The van der Waals surface area contributed by atoms with Crippen molar-refractivity contribution in [2.24, 2.45) is 4.99 Å². The van der Waals surface area contributed by atoms with Crippen molar-refractivity contribution in [1.29, 1.82) is 0 Å². The molecule has 7 heteroatoms. The molecule has 0 spiro atoms. The maximum atomic E-state index is 12.7. The number of hydrogen-bond donors (Lipinski definition) is 2. The minimum absolute atomic E-state index is 0.0959. The zero-order valence-electron chi connectivity index (χ0n) is 15.6. The first-order chi connectivity index (χ1) is 13.0. The van der Waals surface area contributed by atoms with Gasteiger partial charge in [-0.2, -0.15) is 0 Å². The number of fused-ring (bicyclic) bond motifs is 2. The van der Waals surface area contributed by atoms with Crippen LogP contribution in [0.5, 0.6) is 0 Å². The minimum Gasteiger partial charge on any atom is -0.345 e. The number of rotatable bonds is 4. The molecule has 1 aromatic heterocycles. The molecule has 0 unspecified atom stereocenters. The molecule has 4 rings (SSSR count). The molecule has 2 atom stereocenters. The number of carbonyl (C=O) groups excluding carboxylic acids is 2. The maximum Gasteiger partial charge on any atom is 0.270 e. The van der Waals surface area contributed by atoms with Gasteiger partial charge in [0.2, 0.25) is 0 Å². The second kappa shape index (κ2) is 6.87. The molecule has 2 amide bonds. The Bertz CT molecular complexity index is 833. The van der Waals surface area contributed by atoms with Crippen LogP contribution in [-0.2, 0) is 4.79 Å². The van der Waals surface area contributed by atoms with E-state index in [0.717, 1.165) is 51.4 Å². The lowest BCUT2D eigenvalue weighted by Gasteiger charge is -2.40. The highest BCUT2D eigenvalue weighted by molar-refractivity contribution is 5.95. The minimum atomic E-state index is -0.272. The quantitative estimate of drug-likeness (QED) is 0.853. The van der Waals surface area contributed by atoms with Crippen LogP contribution in [0.1, 0.15) is 67.7 Å². The summed E-state index contributed by atoms with van der Waals surface area (Å²) in [5.41, 5.74) is 0.383. The van der Waals surface area contributed by atoms with Gasteiger partial charge in [0.25, 0.3) is 11.8 Å². The van der Waals surface area contributed by atoms with Gasteiger partial charge in [0.15, 0.2) is 0 Å². The Morgan fingerprint density at radius 1 is 1.04 bits per heavy atom. The van der Waals surface area contributed by atoms with Gasteiger partial charge in [-0.05, 0) is 64.4 Å². The van der Waals surface area contributed by atoms with E-state index in [0.29, 0.717) is 17.2 Å². The third kappa shape index (κ3) is 3.63. The molecule has 2 fully saturated rings. The summed E-state index contributed by atoms with van der Waals surface area (Å²) in [4.78, 5) is 37.8. The van der Waals surface area contributed by atoms with Gasteiger partial charge in [-0.25, -0.2) is 9.97 Å². The number of aromatic nitrogens is 2. The molecular weight excluding hydrogens is 342 g/mol. The van der Waals surface area contributed by atoms with E-state index in [1.165, 1.54) is 0 Å². The summed E-state index contributed by atoms with van der Waals surface area (Å²) >= 11 is 0. The molecule has 2 N–H and O–H groups in total. The molecule has 27 heavy (non-hydrogen) atoms. The van der Waals surface area contributed by atoms with Gasteiger partial charge in [-0.15, -0.1) is 0 Å². The van der Waals surface area contributed by atoms with Crippen molar-refractivity contribution in [3.8, 4) is 0 Å². The van der Waals surface area contributed by atoms with Crippen molar-refractivity contribution in [2.75, 3.05) is 0 Å². The molecule has 7 nitrogen and oxygen atoms in total. The number of aliphatic imine (C=N–C) groups is 1. The van der Waals surface area contributed by atoms with E-state index in [9.17, 15) is 9.59 Å². The lowest BCUT2D eigenvalue weighted by atomic mass is 9.78. The molecule has 1 aromatic rings. The van der Waals surface area contributed by atoms with Crippen LogP contribution >= 0.6 is 0 Å². The van der Waals surface area contributed by atoms with Crippen molar-refractivity contribution < 1.29 is 9.59 Å². The lowest BCUT2D eigenvalue weighted by Crippen LogP contribution is -2.55. The Labute approximate surface area is 158 Å². The SMILES string of the molecule is Cc1nccc(C(=O)N[C@]23CCC[C@](NC(=O)C4=CCCC=N4)(CC2)C3)n1. The Morgan fingerprint density at radius 3 is 2.44 bits per heavy atom. The molecule has 2 heterocycles. The summed E-state index contributed by atoms with van der Waals surface area (Å²) in [6.07, 6.45) is 12.4. The first kappa shape index (κ1) is 17.8. The molecule has 2 saturated carbocycles. The first-order valence-electron chi connectivity index (χ1n) is 9.67. The number of amides is 2. The molecule has 0 radical (unpaired) electrons. The van der Waals surface area contributed by atoms with E-state index in [2.05, 4.69) is 25.6 Å². The molecule has 0 saturated heterocycles. The molecule has 3 aliphatic rings. The van der Waals surface area contributed by atoms with Gasteiger partial charge in [0, 0.05) is 23.5 Å². The number of carbonyl (C=O) groups is 2. The Kier molecular flexibility index (Phi) is 4.53. The van der Waals surface area contributed by atoms with Gasteiger partial charge < -0.3 is 10.6 Å². The largest absolute Gasteiger partial charge is 0.345 e. The highest BCUT2D eigenvalue weighted by Crippen LogP contribution is 2.48. The monoisotopic (exact) mass is 367 g/mol. The molecule has 2 aliphatic carbocycles. The van der Waals surface area contributed by atoms with Gasteiger partial charge >= 0.3 is 0 Å². The fourth-order valence-corrected chi connectivity index (χ4v) is 4.69. The molecule has 2 bridgehead atoms. The van der Waals surface area contributed by atoms with E-state index < -0.39 is 0 Å². The summed E-state index contributed by atoms with van der Waals surface area (Å²) in [5.74, 6) is 0.323. The average molecular weight is 367 g/mol. The van der Waals surface area contributed by atoms with Crippen molar-refractivity contribution >= 4 is 18.0 Å². The fraction of sp³-hybridized carbons (Fsp3) is 0.550. The Balaban J connectivity index is 1.46. The second-order valence-corrected chi connectivity index (χ2v) is 7.97. The standard InChI is InChI=1S/C20H25N5O2/c1-14-21-12-6-16(23-14)18(27)25-20-8-4-7-19(13-20,9-10-20)24-17(26)15-5-2-3-11-22-15/h5-6,11-12H,2-4,7-10,13H2,1H3,(H,24,26)(H,25,27)/t19-,20+/m0/s1. The topological polar surface area (TPSA) is 96.3 Å². The predicted octanol–water partition coefficient (Wildman–Crippen LogP) is 2.22. The maximum absolute atomic E-state index is 12.7. The summed E-state index contributed by atoms with van der Waals surface area (Å²) < 4.78 is 0. The number of aryl methyl sites for hydroxylation is 1. The third-order valence-electron chi connectivity index (χ3n) is 5.93. The molecule has 142 valence electrons. The fourth-order valence-electron chi connectivity index (χ4n) is 4.69. The van der Waals surface area contributed by atoms with Crippen LogP contribution in [0.4, 0.5) is 0 Å². The highest BCUT2D eigenvalue weighted by atomic mass is 16.2. The summed E-state index contributed by atoms with van der Waals surface area (Å²) in [5, 5.41) is 6.46. The van der Waals surface area contributed by atoms with Gasteiger partial charge in [0.1, 0.15) is 17.2 Å². The summed E-state index contributed by atoms with van der Waals surface area (Å²) in [6, 6.07) is 1.64. The summed E-state index contributed by atoms with van der Waals surface area (Å²) in [7, 11) is 0. The number of allylic oxidation sites excluding steroid dienone is 1. The third-order valence-corrected chi connectivity index (χ3v) is 5.93. The van der Waals surface area contributed by atoms with Gasteiger partial charge in [-0.3, -0.25) is 14.6 Å². The van der Waals surface area contributed by atoms with Crippen LogP contribution in [0.3, 0.4) is 0 Å². The van der Waals surface area contributed by atoms with Crippen LogP contribution in [0.15, 0.2) is 29.0 Å². The smallest absolute Gasteiger partial charge is 0.270 e. The molecule has 0 aromatic carbocycles. The Morgan fingerprint density at radius 2 is 1.78 bits per heavy atom. The van der Waals surface area contributed by atoms with E-state index in [1.54, 1.807) is 25.4 Å². The lowest BCUT2D eigenvalue weighted by molar-refractivity contribution is -0.119. The van der Waals surface area contributed by atoms with E-state index >= 15 is 0 Å². The van der Waals surface area contributed by atoms with Crippen molar-refractivity contribution in [1.82, 2.24) is 20.6 Å². The van der Waals surface area contributed by atoms with E-state index in [1.807, 2.05) is 6.08 Å². The first-order valence-corrected chi connectivity index (χ1v) is 9.67. The number of nitrogens with zero attached hydrogens (tertiary/aromatic N) is 3. The van der Waals surface area contributed by atoms with E-state index in [-0.39, 0.29) is 22.9 Å². The van der Waals surface area contributed by atoms with Gasteiger partial charge in [-0.1, -0.05) is 6.08 Å². The van der Waals surface area contributed by atoms with Gasteiger partial charge in [0.05, 0.1) is 0 Å². The van der Waals surface area contributed by atoms with Crippen LogP contribution in [-0.4, -0.2) is 39.1 Å². The highest BCUT2D eigenvalue weighted by Gasteiger charge is 2.52. The average Bonchev–Trinajstić information content (AvgIpc) is 2.92. The van der Waals surface area contributed by atoms with Crippen LogP contribution in [0.2, 0.25) is 0 Å². The van der Waals surface area contributed by atoms with Crippen molar-refractivity contribution in [2.45, 2.75) is 69.4 Å². The molecule has 1 aliphatic heterocycles. The zero-order valence-corrected chi connectivity index (χ0v) is 15.6. The predicted molar refractivity (Wildman–Crippen MR) is 101 cm³/mol. The van der Waals surface area contributed by atoms with E-state index in [4.69, 9.17) is 0 Å². The second-order valence-electron chi connectivity index (χ2n) is 7.97. The Hall–Kier alpha value is -2.57. The number of hydrogen-bond acceptors (Lipinski definition) is 5. The van der Waals surface area contributed by atoms with Crippen LogP contribution < -0.4 is 10.6 Å².